The lowest BCUT2D eigenvalue weighted by atomic mass is 10.2. The molecule has 1 aromatic rings. The van der Waals surface area contributed by atoms with Crippen LogP contribution in [0.5, 0.6) is 11.5 Å². The molecular weight excluding hydrogens is 228 g/mol. The van der Waals surface area contributed by atoms with E-state index in [1.165, 1.54) is 5.69 Å². The molecular formula is C14H20N2O2. The van der Waals surface area contributed by atoms with Crippen LogP contribution in [-0.4, -0.2) is 38.9 Å². The Balaban J connectivity index is 1.87. The van der Waals surface area contributed by atoms with Gasteiger partial charge in [-0.2, -0.15) is 0 Å². The zero-order valence-electron chi connectivity index (χ0n) is 10.8. The van der Waals surface area contributed by atoms with E-state index < -0.39 is 0 Å². The van der Waals surface area contributed by atoms with Crippen molar-refractivity contribution in [3.8, 4) is 11.5 Å². The number of benzene rings is 1. The smallest absolute Gasteiger partial charge is 0.184 e. The first kappa shape index (κ1) is 11.7. The van der Waals surface area contributed by atoms with Crippen molar-refractivity contribution in [1.82, 2.24) is 5.32 Å². The van der Waals surface area contributed by atoms with Crippen LogP contribution in [0.15, 0.2) is 18.2 Å². The van der Waals surface area contributed by atoms with Crippen LogP contribution in [-0.2, 0) is 0 Å². The molecule has 0 spiro atoms. The molecule has 1 aromatic carbocycles. The Bertz CT molecular complexity index is 416. The molecule has 1 unspecified atom stereocenters. The molecule has 0 radical (unpaired) electrons. The molecule has 1 fully saturated rings. The minimum Gasteiger partial charge on any atom is -0.484 e. The largest absolute Gasteiger partial charge is 0.484 e. The van der Waals surface area contributed by atoms with Gasteiger partial charge in [-0.15, -0.1) is 0 Å². The van der Waals surface area contributed by atoms with Gasteiger partial charge in [0.15, 0.2) is 11.5 Å². The molecule has 3 rings (SSSR count). The number of piperazine rings is 1. The fourth-order valence-electron chi connectivity index (χ4n) is 2.49. The van der Waals surface area contributed by atoms with Crippen molar-refractivity contribution in [2.24, 2.45) is 0 Å². The van der Waals surface area contributed by atoms with E-state index in [-0.39, 0.29) is 6.10 Å². The van der Waals surface area contributed by atoms with Crippen LogP contribution in [0.3, 0.4) is 0 Å². The Hall–Kier alpha value is -1.42. The molecule has 1 saturated heterocycles. The highest BCUT2D eigenvalue weighted by Crippen LogP contribution is 2.40. The zero-order chi connectivity index (χ0) is 12.4. The van der Waals surface area contributed by atoms with Crippen molar-refractivity contribution in [1.29, 1.82) is 0 Å². The van der Waals surface area contributed by atoms with Gasteiger partial charge in [0.25, 0.3) is 0 Å². The third-order valence-corrected chi connectivity index (χ3v) is 3.58. The summed E-state index contributed by atoms with van der Waals surface area (Å²) in [6.07, 6.45) is 1.17. The Morgan fingerprint density at radius 1 is 1.33 bits per heavy atom. The highest BCUT2D eigenvalue weighted by atomic mass is 16.6. The second-order valence-electron chi connectivity index (χ2n) is 4.80. The van der Waals surface area contributed by atoms with E-state index in [2.05, 4.69) is 29.3 Å². The molecule has 0 amide bonds. The highest BCUT2D eigenvalue weighted by molar-refractivity contribution is 5.65. The number of hydrogen-bond acceptors (Lipinski definition) is 4. The number of para-hydroxylation sites is 1. The van der Waals surface area contributed by atoms with E-state index >= 15 is 0 Å². The summed E-state index contributed by atoms with van der Waals surface area (Å²) >= 11 is 0. The predicted octanol–water partition coefficient (Wildman–Crippen LogP) is 1.65. The van der Waals surface area contributed by atoms with E-state index in [1.807, 2.05) is 6.07 Å². The number of rotatable bonds is 2. The van der Waals surface area contributed by atoms with Crippen LogP contribution >= 0.6 is 0 Å². The number of ether oxygens (including phenoxy) is 2. The molecule has 2 aliphatic heterocycles. The lowest BCUT2D eigenvalue weighted by Gasteiger charge is -2.34. The van der Waals surface area contributed by atoms with Gasteiger partial charge >= 0.3 is 0 Å². The second-order valence-corrected chi connectivity index (χ2v) is 4.80. The maximum atomic E-state index is 5.95. The van der Waals surface area contributed by atoms with E-state index in [4.69, 9.17) is 9.47 Å². The number of nitrogens with one attached hydrogen (secondary N) is 1. The van der Waals surface area contributed by atoms with Gasteiger partial charge in [-0.05, 0) is 18.6 Å². The van der Waals surface area contributed by atoms with Crippen LogP contribution in [0.2, 0.25) is 0 Å². The molecule has 0 bridgehead atoms. The molecule has 1 atom stereocenters. The fourth-order valence-corrected chi connectivity index (χ4v) is 2.49. The molecule has 98 valence electrons. The van der Waals surface area contributed by atoms with Crippen LogP contribution < -0.4 is 19.7 Å². The summed E-state index contributed by atoms with van der Waals surface area (Å²) in [5, 5.41) is 3.37. The topological polar surface area (TPSA) is 33.7 Å². The molecule has 0 saturated carbocycles. The van der Waals surface area contributed by atoms with Crippen molar-refractivity contribution >= 4 is 5.69 Å². The fraction of sp³-hybridized carbons (Fsp3) is 0.571. The van der Waals surface area contributed by atoms with Crippen molar-refractivity contribution in [3.63, 3.8) is 0 Å². The first-order valence-electron chi connectivity index (χ1n) is 6.76. The third kappa shape index (κ3) is 2.12. The lowest BCUT2D eigenvalue weighted by Crippen LogP contribution is -2.44. The number of anilines is 1. The first-order valence-corrected chi connectivity index (χ1v) is 6.76. The Morgan fingerprint density at radius 2 is 2.17 bits per heavy atom. The molecule has 18 heavy (non-hydrogen) atoms. The van der Waals surface area contributed by atoms with E-state index in [0.717, 1.165) is 44.1 Å². The molecule has 4 heteroatoms. The van der Waals surface area contributed by atoms with Gasteiger partial charge in [-0.1, -0.05) is 13.0 Å². The standard InChI is InChI=1S/C14H20N2O2/c1-2-11-10-17-14-12(4-3-5-13(14)18-11)16-8-6-15-7-9-16/h3-5,11,15H,2,6-10H2,1H3. The van der Waals surface area contributed by atoms with E-state index in [0.29, 0.717) is 6.61 Å². The summed E-state index contributed by atoms with van der Waals surface area (Å²) in [6, 6.07) is 6.18. The normalized spacial score (nSPS) is 22.9. The molecule has 1 N–H and O–H groups in total. The van der Waals surface area contributed by atoms with Gasteiger partial charge in [0.2, 0.25) is 0 Å². The summed E-state index contributed by atoms with van der Waals surface area (Å²) in [5.74, 6) is 1.81. The average Bonchev–Trinajstić information content (AvgIpc) is 2.47. The summed E-state index contributed by atoms with van der Waals surface area (Å²) in [6.45, 7) is 6.89. The van der Waals surface area contributed by atoms with Crippen LogP contribution in [0.25, 0.3) is 0 Å². The van der Waals surface area contributed by atoms with E-state index in [9.17, 15) is 0 Å². The highest BCUT2D eigenvalue weighted by Gasteiger charge is 2.24. The van der Waals surface area contributed by atoms with Gasteiger partial charge in [-0.25, -0.2) is 0 Å². The number of hydrogen-bond donors (Lipinski definition) is 1. The molecule has 2 heterocycles. The monoisotopic (exact) mass is 248 g/mol. The summed E-state index contributed by atoms with van der Waals surface area (Å²) in [4.78, 5) is 2.37. The van der Waals surface area contributed by atoms with E-state index in [1.54, 1.807) is 0 Å². The van der Waals surface area contributed by atoms with Crippen LogP contribution in [0.1, 0.15) is 13.3 Å². The first-order chi connectivity index (χ1) is 8.88. The summed E-state index contributed by atoms with van der Waals surface area (Å²) in [7, 11) is 0. The second kappa shape index (κ2) is 5.06. The molecule has 0 aromatic heterocycles. The number of nitrogens with zero attached hydrogens (tertiary/aromatic N) is 1. The van der Waals surface area contributed by atoms with Crippen molar-refractivity contribution in [2.45, 2.75) is 19.4 Å². The summed E-state index contributed by atoms with van der Waals surface area (Å²) < 4.78 is 11.9. The molecule has 4 nitrogen and oxygen atoms in total. The molecule has 2 aliphatic rings. The zero-order valence-corrected chi connectivity index (χ0v) is 10.8. The Kier molecular flexibility index (Phi) is 3.28. The number of fused-ring (bicyclic) bond motifs is 1. The Morgan fingerprint density at radius 3 is 2.94 bits per heavy atom. The minimum atomic E-state index is 0.191. The maximum Gasteiger partial charge on any atom is 0.184 e. The van der Waals surface area contributed by atoms with Gasteiger partial charge in [0.1, 0.15) is 12.7 Å². The quantitative estimate of drug-likeness (QED) is 0.863. The van der Waals surface area contributed by atoms with Crippen molar-refractivity contribution < 1.29 is 9.47 Å². The average molecular weight is 248 g/mol. The van der Waals surface area contributed by atoms with Crippen molar-refractivity contribution in [3.05, 3.63) is 18.2 Å². The third-order valence-electron chi connectivity index (χ3n) is 3.58. The van der Waals surface area contributed by atoms with Crippen LogP contribution in [0.4, 0.5) is 5.69 Å². The predicted molar refractivity (Wildman–Crippen MR) is 71.7 cm³/mol. The van der Waals surface area contributed by atoms with Gasteiger partial charge in [-0.3, -0.25) is 0 Å². The van der Waals surface area contributed by atoms with Crippen molar-refractivity contribution in [2.75, 3.05) is 37.7 Å². The lowest BCUT2D eigenvalue weighted by molar-refractivity contribution is 0.0888. The van der Waals surface area contributed by atoms with Gasteiger partial charge < -0.3 is 19.7 Å². The SMILES string of the molecule is CCC1COc2c(cccc2N2CCNCC2)O1. The minimum absolute atomic E-state index is 0.191. The van der Waals surface area contributed by atoms with Gasteiger partial charge in [0.05, 0.1) is 5.69 Å². The maximum absolute atomic E-state index is 5.95. The molecule has 0 aliphatic carbocycles. The van der Waals surface area contributed by atoms with Gasteiger partial charge in [0, 0.05) is 26.2 Å². The Labute approximate surface area is 108 Å². The summed E-state index contributed by atoms with van der Waals surface area (Å²) in [5.41, 5.74) is 1.17. The van der Waals surface area contributed by atoms with Crippen LogP contribution in [0, 0.1) is 0 Å².